The van der Waals surface area contributed by atoms with Crippen molar-refractivity contribution in [3.8, 4) is 0 Å². The zero-order valence-corrected chi connectivity index (χ0v) is 10.7. The highest BCUT2D eigenvalue weighted by atomic mass is 79.9. The highest BCUT2D eigenvalue weighted by Gasteiger charge is 2.06. The van der Waals surface area contributed by atoms with E-state index in [-0.39, 0.29) is 5.71 Å². The molecule has 0 radical (unpaired) electrons. The van der Waals surface area contributed by atoms with Crippen LogP contribution in [0.5, 0.6) is 0 Å². The molecule has 86 valence electrons. The number of anilines is 1. The second-order valence-corrected chi connectivity index (χ2v) is 3.86. The van der Waals surface area contributed by atoms with Crippen LogP contribution in [0.25, 0.3) is 0 Å². The first-order valence-corrected chi connectivity index (χ1v) is 5.66. The number of nitrogens with zero attached hydrogens (tertiary/aromatic N) is 1. The summed E-state index contributed by atoms with van der Waals surface area (Å²) in [7, 11) is 0. The summed E-state index contributed by atoms with van der Waals surface area (Å²) in [5.41, 5.74) is 3.88. The molecule has 1 N–H and O–H groups in total. The van der Waals surface area contributed by atoms with E-state index >= 15 is 0 Å². The third-order valence-electron chi connectivity index (χ3n) is 1.79. The SMILES string of the molecule is CCOC(=O)/C(C)=N/Nc1ccccc1Br. The Morgan fingerprint density at radius 2 is 2.19 bits per heavy atom. The zero-order chi connectivity index (χ0) is 12.0. The van der Waals surface area contributed by atoms with E-state index in [9.17, 15) is 4.79 Å². The summed E-state index contributed by atoms with van der Waals surface area (Å²) >= 11 is 3.37. The number of benzene rings is 1. The van der Waals surface area contributed by atoms with Gasteiger partial charge in [0.1, 0.15) is 5.71 Å². The standard InChI is InChI=1S/C11H13BrN2O2/c1-3-16-11(15)8(2)13-14-10-7-5-4-6-9(10)12/h4-7,14H,3H2,1-2H3/b13-8+. The van der Waals surface area contributed by atoms with Crippen LogP contribution in [0.3, 0.4) is 0 Å². The number of halogens is 1. The number of carbonyl (C=O) groups is 1. The largest absolute Gasteiger partial charge is 0.461 e. The second kappa shape index (κ2) is 6.27. The Bertz CT molecular complexity index is 405. The second-order valence-electron chi connectivity index (χ2n) is 3.01. The van der Waals surface area contributed by atoms with Crippen molar-refractivity contribution in [2.24, 2.45) is 5.10 Å². The molecule has 0 saturated heterocycles. The van der Waals surface area contributed by atoms with Crippen LogP contribution in [-0.2, 0) is 9.53 Å². The van der Waals surface area contributed by atoms with Gasteiger partial charge in [-0.3, -0.25) is 5.43 Å². The first-order valence-electron chi connectivity index (χ1n) is 4.87. The third-order valence-corrected chi connectivity index (χ3v) is 2.48. The van der Waals surface area contributed by atoms with Crippen molar-refractivity contribution >= 4 is 33.3 Å². The molecule has 0 aliphatic carbocycles. The molecule has 0 spiro atoms. The van der Waals surface area contributed by atoms with Crippen molar-refractivity contribution in [3.63, 3.8) is 0 Å². The maximum atomic E-state index is 11.2. The summed E-state index contributed by atoms with van der Waals surface area (Å²) < 4.78 is 5.69. The molecule has 0 unspecified atom stereocenters. The summed E-state index contributed by atoms with van der Waals surface area (Å²) in [4.78, 5) is 11.2. The molecule has 0 aliphatic heterocycles. The fraction of sp³-hybridized carbons (Fsp3) is 0.273. The van der Waals surface area contributed by atoms with E-state index in [1.54, 1.807) is 13.8 Å². The van der Waals surface area contributed by atoms with Crippen LogP contribution in [0, 0.1) is 0 Å². The summed E-state index contributed by atoms with van der Waals surface area (Å²) in [5.74, 6) is -0.415. The minimum atomic E-state index is -0.415. The number of hydrazone groups is 1. The minimum absolute atomic E-state index is 0.289. The van der Waals surface area contributed by atoms with Crippen LogP contribution >= 0.6 is 15.9 Å². The molecule has 1 aromatic rings. The molecule has 0 aliphatic rings. The van der Waals surface area contributed by atoms with Gasteiger partial charge < -0.3 is 4.74 Å². The predicted molar refractivity (Wildman–Crippen MR) is 67.5 cm³/mol. The molecular weight excluding hydrogens is 272 g/mol. The molecule has 0 bridgehead atoms. The Hall–Kier alpha value is -1.36. The molecule has 5 heteroatoms. The van der Waals surface area contributed by atoms with Crippen LogP contribution in [0.2, 0.25) is 0 Å². The van der Waals surface area contributed by atoms with Crippen molar-refractivity contribution in [2.45, 2.75) is 13.8 Å². The zero-order valence-electron chi connectivity index (χ0n) is 9.16. The molecule has 0 atom stereocenters. The number of carbonyl (C=O) groups excluding carboxylic acids is 1. The number of ether oxygens (including phenoxy) is 1. The fourth-order valence-electron chi connectivity index (χ4n) is 0.977. The van der Waals surface area contributed by atoms with Crippen molar-refractivity contribution in [1.29, 1.82) is 0 Å². The summed E-state index contributed by atoms with van der Waals surface area (Å²) in [6.45, 7) is 3.70. The minimum Gasteiger partial charge on any atom is -0.461 e. The molecule has 0 saturated carbocycles. The monoisotopic (exact) mass is 284 g/mol. The maximum Gasteiger partial charge on any atom is 0.354 e. The Labute approximate surface area is 103 Å². The number of hydrogen-bond donors (Lipinski definition) is 1. The van der Waals surface area contributed by atoms with Gasteiger partial charge in [-0.15, -0.1) is 0 Å². The smallest absolute Gasteiger partial charge is 0.354 e. The van der Waals surface area contributed by atoms with Crippen LogP contribution in [0.4, 0.5) is 5.69 Å². The Kier molecular flexibility index (Phi) is 4.98. The van der Waals surface area contributed by atoms with Gasteiger partial charge in [0, 0.05) is 4.47 Å². The summed E-state index contributed by atoms with van der Waals surface area (Å²) in [5, 5.41) is 3.94. The highest BCUT2D eigenvalue weighted by Crippen LogP contribution is 2.20. The average molecular weight is 285 g/mol. The van der Waals surface area contributed by atoms with Crippen LogP contribution < -0.4 is 5.43 Å². The maximum absolute atomic E-state index is 11.2. The number of esters is 1. The summed E-state index contributed by atoms with van der Waals surface area (Å²) in [6, 6.07) is 7.52. The molecule has 1 rings (SSSR count). The predicted octanol–water partition coefficient (Wildman–Crippen LogP) is 2.80. The third kappa shape index (κ3) is 3.66. The van der Waals surface area contributed by atoms with E-state index in [0.717, 1.165) is 10.2 Å². The lowest BCUT2D eigenvalue weighted by molar-refractivity contribution is -0.135. The Balaban J connectivity index is 2.66. The lowest BCUT2D eigenvalue weighted by Gasteiger charge is -2.04. The van der Waals surface area contributed by atoms with Gasteiger partial charge in [-0.1, -0.05) is 12.1 Å². The molecule has 0 aromatic heterocycles. The number of nitrogens with one attached hydrogen (secondary N) is 1. The molecule has 16 heavy (non-hydrogen) atoms. The molecule has 0 amide bonds. The van der Waals surface area contributed by atoms with E-state index in [2.05, 4.69) is 26.5 Å². The van der Waals surface area contributed by atoms with Gasteiger partial charge in [0.25, 0.3) is 0 Å². The lowest BCUT2D eigenvalue weighted by Crippen LogP contribution is -2.15. The number of hydrogen-bond acceptors (Lipinski definition) is 4. The van der Waals surface area contributed by atoms with Gasteiger partial charge in [0.2, 0.25) is 0 Å². The molecule has 1 aromatic carbocycles. The van der Waals surface area contributed by atoms with Crippen molar-refractivity contribution in [3.05, 3.63) is 28.7 Å². The van der Waals surface area contributed by atoms with Gasteiger partial charge in [0.05, 0.1) is 12.3 Å². The van der Waals surface area contributed by atoms with Crippen LogP contribution in [-0.4, -0.2) is 18.3 Å². The van der Waals surface area contributed by atoms with E-state index in [4.69, 9.17) is 4.74 Å². The quantitative estimate of drug-likeness (QED) is 0.526. The van der Waals surface area contributed by atoms with Crippen molar-refractivity contribution in [1.82, 2.24) is 0 Å². The summed E-state index contributed by atoms with van der Waals surface area (Å²) in [6.07, 6.45) is 0. The molecule has 0 fully saturated rings. The van der Waals surface area contributed by atoms with Crippen molar-refractivity contribution in [2.75, 3.05) is 12.0 Å². The van der Waals surface area contributed by atoms with Gasteiger partial charge in [-0.2, -0.15) is 5.10 Å². The van der Waals surface area contributed by atoms with E-state index in [1.165, 1.54) is 0 Å². The van der Waals surface area contributed by atoms with Gasteiger partial charge in [0.15, 0.2) is 0 Å². The molecule has 4 nitrogen and oxygen atoms in total. The van der Waals surface area contributed by atoms with E-state index in [1.807, 2.05) is 24.3 Å². The van der Waals surface area contributed by atoms with Gasteiger partial charge in [-0.05, 0) is 41.9 Å². The Morgan fingerprint density at radius 1 is 1.50 bits per heavy atom. The van der Waals surface area contributed by atoms with Crippen molar-refractivity contribution < 1.29 is 9.53 Å². The van der Waals surface area contributed by atoms with Crippen LogP contribution in [0.1, 0.15) is 13.8 Å². The average Bonchev–Trinajstić information content (AvgIpc) is 2.28. The molecule has 0 heterocycles. The van der Waals surface area contributed by atoms with E-state index in [0.29, 0.717) is 6.61 Å². The van der Waals surface area contributed by atoms with Gasteiger partial charge in [-0.25, -0.2) is 4.79 Å². The van der Waals surface area contributed by atoms with Gasteiger partial charge >= 0.3 is 5.97 Å². The fourth-order valence-corrected chi connectivity index (χ4v) is 1.35. The first-order chi connectivity index (χ1) is 7.65. The lowest BCUT2D eigenvalue weighted by atomic mass is 10.3. The normalized spacial score (nSPS) is 11.1. The highest BCUT2D eigenvalue weighted by molar-refractivity contribution is 9.10. The number of rotatable bonds is 4. The topological polar surface area (TPSA) is 50.7 Å². The molecular formula is C11H13BrN2O2. The van der Waals surface area contributed by atoms with E-state index < -0.39 is 5.97 Å². The Morgan fingerprint density at radius 3 is 2.81 bits per heavy atom. The first kappa shape index (κ1) is 12.7. The number of para-hydroxylation sites is 1. The van der Waals surface area contributed by atoms with Crippen LogP contribution in [0.15, 0.2) is 33.8 Å².